The van der Waals surface area contributed by atoms with Gasteiger partial charge in [0, 0.05) is 23.2 Å². The zero-order chi connectivity index (χ0) is 14.6. The van der Waals surface area contributed by atoms with Gasteiger partial charge in [0.1, 0.15) is 0 Å². The Labute approximate surface area is 111 Å². The molecule has 0 spiro atoms. The van der Waals surface area contributed by atoms with Crippen LogP contribution in [0.25, 0.3) is 0 Å². The number of carbonyl (C=O) groups is 2. The number of aliphatic hydroxyl groups excluding tert-OH is 1. The van der Waals surface area contributed by atoms with Crippen LogP contribution in [-0.2, 0) is 9.53 Å². The number of benzene rings is 1. The lowest BCUT2D eigenvalue weighted by atomic mass is 10.1. The van der Waals surface area contributed by atoms with Gasteiger partial charge in [0.25, 0.3) is 0 Å². The van der Waals surface area contributed by atoms with Crippen molar-refractivity contribution in [1.29, 1.82) is 0 Å². The molecule has 0 amide bonds. The van der Waals surface area contributed by atoms with Crippen LogP contribution < -0.4 is 4.74 Å². The fourth-order valence-corrected chi connectivity index (χ4v) is 1.41. The van der Waals surface area contributed by atoms with Crippen LogP contribution in [0.15, 0.2) is 18.2 Å². The molecule has 0 bridgehead atoms. The molecule has 1 atom stereocenters. The van der Waals surface area contributed by atoms with Gasteiger partial charge >= 0.3 is 17.1 Å². The van der Waals surface area contributed by atoms with Gasteiger partial charge in [-0.15, -0.1) is 0 Å². The van der Waals surface area contributed by atoms with Crippen molar-refractivity contribution in [3.63, 3.8) is 0 Å². The molecule has 19 heavy (non-hydrogen) atoms. The number of para-hydroxylation sites is 1. The molecule has 0 saturated heterocycles. The zero-order valence-corrected chi connectivity index (χ0v) is 10.3. The lowest BCUT2D eigenvalue weighted by Crippen LogP contribution is -2.15. The van der Waals surface area contributed by atoms with E-state index in [0.717, 1.165) is 13.2 Å². The number of ether oxygens (including phenoxy) is 2. The van der Waals surface area contributed by atoms with E-state index < -0.39 is 33.9 Å². The predicted octanol–water partition coefficient (Wildman–Crippen LogP) is 1.54. The number of halogens is 1. The molecular formula is C10H8ClNO7. The second-order valence-corrected chi connectivity index (χ2v) is 3.53. The maximum absolute atomic E-state index is 11.2. The summed E-state index contributed by atoms with van der Waals surface area (Å²) >= 11 is 5.00. The number of aliphatic hydroxyl groups is 1. The third-order valence-corrected chi connectivity index (χ3v) is 2.20. The summed E-state index contributed by atoms with van der Waals surface area (Å²) in [7, 11) is 1.02. The maximum Gasteiger partial charge on any atom is 0.409 e. The van der Waals surface area contributed by atoms with Crippen molar-refractivity contribution < 1.29 is 29.1 Å². The van der Waals surface area contributed by atoms with Crippen molar-refractivity contribution in [1.82, 2.24) is 0 Å². The number of hydrogen-bond donors (Lipinski definition) is 1. The first-order valence-electron chi connectivity index (χ1n) is 4.79. The van der Waals surface area contributed by atoms with Gasteiger partial charge in [-0.25, -0.2) is 9.59 Å². The number of carbonyl (C=O) groups excluding carboxylic acids is 2. The van der Waals surface area contributed by atoms with Gasteiger partial charge in [-0.3, -0.25) is 10.1 Å². The molecule has 0 aromatic heterocycles. The van der Waals surface area contributed by atoms with Crippen LogP contribution in [0.4, 0.5) is 10.5 Å². The summed E-state index contributed by atoms with van der Waals surface area (Å²) in [6.07, 6.45) is -1.84. The molecule has 0 aliphatic heterocycles. The molecule has 0 saturated carbocycles. The lowest BCUT2D eigenvalue weighted by molar-refractivity contribution is -0.385. The maximum atomic E-state index is 11.2. The minimum absolute atomic E-state index is 0.296. The molecule has 0 aliphatic rings. The van der Waals surface area contributed by atoms with Crippen LogP contribution in [0.1, 0.15) is 11.7 Å². The van der Waals surface area contributed by atoms with E-state index >= 15 is 0 Å². The molecule has 9 heteroatoms. The standard InChI is InChI=1S/C10H8ClNO7/c1-18-9(14)7(13)5-3-2-4-6(12(16)17)8(5)19-10(11)15/h2-4,7,13H,1H3. The molecule has 102 valence electrons. The molecule has 0 heterocycles. The Morgan fingerprint density at radius 3 is 2.58 bits per heavy atom. The summed E-state index contributed by atoms with van der Waals surface area (Å²) in [5, 5.41) is 20.4. The van der Waals surface area contributed by atoms with E-state index in [9.17, 15) is 24.8 Å². The van der Waals surface area contributed by atoms with Crippen molar-refractivity contribution >= 4 is 28.7 Å². The molecule has 0 aliphatic carbocycles. The van der Waals surface area contributed by atoms with Crippen LogP contribution in [-0.4, -0.2) is 28.5 Å². The third kappa shape index (κ3) is 3.39. The third-order valence-electron chi connectivity index (χ3n) is 2.12. The number of hydrogen-bond acceptors (Lipinski definition) is 7. The number of nitro benzene ring substituents is 1. The van der Waals surface area contributed by atoms with Crippen molar-refractivity contribution in [2.75, 3.05) is 7.11 Å². The normalized spacial score (nSPS) is 11.5. The average Bonchev–Trinajstić information content (AvgIpc) is 2.36. The Balaban J connectivity index is 3.37. The van der Waals surface area contributed by atoms with Crippen molar-refractivity contribution in [3.8, 4) is 5.75 Å². The van der Waals surface area contributed by atoms with Gasteiger partial charge in [0.15, 0.2) is 6.10 Å². The largest absolute Gasteiger partial charge is 0.467 e. The minimum atomic E-state index is -1.84. The van der Waals surface area contributed by atoms with Crippen LogP contribution in [0.2, 0.25) is 0 Å². The average molecular weight is 290 g/mol. The fraction of sp³-hybridized carbons (Fsp3) is 0.200. The second kappa shape index (κ2) is 6.12. The highest BCUT2D eigenvalue weighted by molar-refractivity contribution is 6.61. The Hall–Kier alpha value is -2.19. The van der Waals surface area contributed by atoms with Crippen molar-refractivity contribution in [2.45, 2.75) is 6.10 Å². The molecule has 1 N–H and O–H groups in total. The topological polar surface area (TPSA) is 116 Å². The number of nitro groups is 1. The van der Waals surface area contributed by atoms with E-state index in [-0.39, 0.29) is 5.56 Å². The zero-order valence-electron chi connectivity index (χ0n) is 9.53. The van der Waals surface area contributed by atoms with Crippen LogP contribution >= 0.6 is 11.6 Å². The van der Waals surface area contributed by atoms with E-state index in [0.29, 0.717) is 0 Å². The van der Waals surface area contributed by atoms with Crippen LogP contribution in [0.3, 0.4) is 0 Å². The van der Waals surface area contributed by atoms with E-state index in [4.69, 9.17) is 11.6 Å². The fourth-order valence-electron chi connectivity index (χ4n) is 1.33. The number of methoxy groups -OCH3 is 1. The molecule has 1 unspecified atom stereocenters. The Morgan fingerprint density at radius 1 is 1.47 bits per heavy atom. The van der Waals surface area contributed by atoms with E-state index in [1.165, 1.54) is 12.1 Å². The predicted molar refractivity (Wildman–Crippen MR) is 61.9 cm³/mol. The second-order valence-electron chi connectivity index (χ2n) is 3.22. The summed E-state index contributed by atoms with van der Waals surface area (Å²) in [4.78, 5) is 31.9. The highest BCUT2D eigenvalue weighted by atomic mass is 35.5. The van der Waals surface area contributed by atoms with Gasteiger partial charge in [-0.1, -0.05) is 12.1 Å². The van der Waals surface area contributed by atoms with Crippen molar-refractivity contribution in [2.24, 2.45) is 0 Å². The van der Waals surface area contributed by atoms with Gasteiger partial charge in [-0.2, -0.15) is 0 Å². The van der Waals surface area contributed by atoms with Gasteiger partial charge < -0.3 is 14.6 Å². The Kier molecular flexibility index (Phi) is 4.79. The summed E-state index contributed by atoms with van der Waals surface area (Å²) in [5.74, 6) is -1.67. The van der Waals surface area contributed by atoms with E-state index in [1.807, 2.05) is 0 Å². The summed E-state index contributed by atoms with van der Waals surface area (Å²) < 4.78 is 8.77. The molecular weight excluding hydrogens is 282 g/mol. The monoisotopic (exact) mass is 289 g/mol. The summed E-state index contributed by atoms with van der Waals surface area (Å²) in [5.41, 5.74) is -2.25. The lowest BCUT2D eigenvalue weighted by Gasteiger charge is -2.12. The first-order valence-corrected chi connectivity index (χ1v) is 5.16. The van der Waals surface area contributed by atoms with Gasteiger partial charge in [-0.05, 0) is 0 Å². The summed E-state index contributed by atoms with van der Waals surface area (Å²) in [6.45, 7) is 0. The highest BCUT2D eigenvalue weighted by Gasteiger charge is 2.29. The quantitative estimate of drug-likeness (QED) is 0.387. The highest BCUT2D eigenvalue weighted by Crippen LogP contribution is 2.35. The van der Waals surface area contributed by atoms with Crippen molar-refractivity contribution in [3.05, 3.63) is 33.9 Å². The number of esters is 1. The molecule has 1 aromatic carbocycles. The van der Waals surface area contributed by atoms with Gasteiger partial charge in [0.05, 0.1) is 12.0 Å². The smallest absolute Gasteiger partial charge is 0.409 e. The minimum Gasteiger partial charge on any atom is -0.467 e. The van der Waals surface area contributed by atoms with E-state index in [1.54, 1.807) is 0 Å². The number of rotatable bonds is 4. The first-order chi connectivity index (χ1) is 8.88. The SMILES string of the molecule is COC(=O)C(O)c1cccc([N+](=O)[O-])c1OC(=O)Cl. The first kappa shape index (κ1) is 14.9. The summed E-state index contributed by atoms with van der Waals surface area (Å²) in [6, 6.07) is 3.41. The Morgan fingerprint density at radius 2 is 2.11 bits per heavy atom. The molecule has 0 radical (unpaired) electrons. The number of nitrogens with zero attached hydrogens (tertiary/aromatic N) is 1. The van der Waals surface area contributed by atoms with Crippen LogP contribution in [0, 0.1) is 10.1 Å². The van der Waals surface area contributed by atoms with Crippen LogP contribution in [0.5, 0.6) is 5.75 Å². The molecule has 1 rings (SSSR count). The van der Waals surface area contributed by atoms with E-state index in [2.05, 4.69) is 9.47 Å². The molecule has 0 fully saturated rings. The van der Waals surface area contributed by atoms with Gasteiger partial charge in [0.2, 0.25) is 5.75 Å². The molecule has 1 aromatic rings. The Bertz CT molecular complexity index is 531. The molecule has 8 nitrogen and oxygen atoms in total.